The molecule has 122 valence electrons. The molecule has 0 aliphatic heterocycles. The topological polar surface area (TPSA) is 45.2 Å². The molecule has 0 spiro atoms. The van der Waals surface area contributed by atoms with Crippen LogP contribution in [0.25, 0.3) is 0 Å². The zero-order valence-corrected chi connectivity index (χ0v) is 15.1. The van der Waals surface area contributed by atoms with Gasteiger partial charge in [0.2, 0.25) is 0 Å². The molecule has 0 bridgehead atoms. The molecule has 0 atom stereocenters. The van der Waals surface area contributed by atoms with E-state index in [0.717, 1.165) is 29.7 Å². The monoisotopic (exact) mass is 375 g/mol. The van der Waals surface area contributed by atoms with Gasteiger partial charge in [-0.2, -0.15) is 0 Å². The number of pyridine rings is 1. The third-order valence-electron chi connectivity index (χ3n) is 3.81. The van der Waals surface area contributed by atoms with Gasteiger partial charge in [-0.25, -0.2) is 0 Å². The van der Waals surface area contributed by atoms with Crippen molar-refractivity contribution in [1.29, 1.82) is 0 Å². The first-order valence-corrected chi connectivity index (χ1v) is 8.61. The number of amides is 1. The van der Waals surface area contributed by atoms with Crippen LogP contribution in [0, 0.1) is 0 Å². The Bertz CT molecular complexity index is 656. The zero-order chi connectivity index (χ0) is 16.7. The summed E-state index contributed by atoms with van der Waals surface area (Å²) in [5.41, 5.74) is 2.96. The van der Waals surface area contributed by atoms with E-state index >= 15 is 0 Å². The Morgan fingerprint density at radius 3 is 2.52 bits per heavy atom. The molecule has 0 unspecified atom stereocenters. The first kappa shape index (κ1) is 17.6. The van der Waals surface area contributed by atoms with E-state index < -0.39 is 0 Å². The third kappa shape index (κ3) is 5.15. The van der Waals surface area contributed by atoms with E-state index in [4.69, 9.17) is 0 Å². The van der Waals surface area contributed by atoms with Gasteiger partial charge in [-0.05, 0) is 46.2 Å². The molecule has 1 aromatic heterocycles. The molecule has 1 N–H and O–H groups in total. The van der Waals surface area contributed by atoms with Crippen molar-refractivity contribution in [1.82, 2.24) is 15.2 Å². The smallest absolute Gasteiger partial charge is 0.253 e. The van der Waals surface area contributed by atoms with Gasteiger partial charge in [-0.1, -0.05) is 38.1 Å². The van der Waals surface area contributed by atoms with Crippen molar-refractivity contribution in [3.63, 3.8) is 0 Å². The number of carbonyl (C=O) groups is 1. The number of halogens is 1. The highest BCUT2D eigenvalue weighted by Crippen LogP contribution is 2.13. The molecule has 5 heteroatoms. The number of hydrogen-bond acceptors (Lipinski definition) is 3. The number of hydrogen-bond donors (Lipinski definition) is 1. The van der Waals surface area contributed by atoms with Gasteiger partial charge in [0.25, 0.3) is 5.91 Å². The van der Waals surface area contributed by atoms with Crippen molar-refractivity contribution in [2.75, 3.05) is 13.1 Å². The van der Waals surface area contributed by atoms with Gasteiger partial charge >= 0.3 is 0 Å². The summed E-state index contributed by atoms with van der Waals surface area (Å²) in [7, 11) is 0. The Morgan fingerprint density at radius 1 is 1.17 bits per heavy atom. The maximum atomic E-state index is 12.2. The fraction of sp³-hybridized carbons (Fsp3) is 0.333. The van der Waals surface area contributed by atoms with Gasteiger partial charge in [0.05, 0.1) is 5.56 Å². The van der Waals surface area contributed by atoms with Crippen molar-refractivity contribution in [3.05, 3.63) is 63.9 Å². The average molecular weight is 376 g/mol. The van der Waals surface area contributed by atoms with E-state index in [-0.39, 0.29) is 5.91 Å². The van der Waals surface area contributed by atoms with Gasteiger partial charge in [0.15, 0.2) is 0 Å². The molecular formula is C18H22BrN3O. The van der Waals surface area contributed by atoms with E-state index in [9.17, 15) is 4.79 Å². The fourth-order valence-corrected chi connectivity index (χ4v) is 2.75. The van der Waals surface area contributed by atoms with Crippen LogP contribution in [0.2, 0.25) is 0 Å². The molecule has 0 saturated heterocycles. The molecule has 0 saturated carbocycles. The van der Waals surface area contributed by atoms with Crippen LogP contribution in [-0.4, -0.2) is 28.9 Å². The fourth-order valence-electron chi connectivity index (χ4n) is 2.39. The molecule has 0 radical (unpaired) electrons. The lowest BCUT2D eigenvalue weighted by Crippen LogP contribution is -2.26. The predicted molar refractivity (Wildman–Crippen MR) is 96.2 cm³/mol. The van der Waals surface area contributed by atoms with Gasteiger partial charge in [0, 0.05) is 30.0 Å². The van der Waals surface area contributed by atoms with E-state index in [1.165, 1.54) is 5.56 Å². The molecule has 2 aromatic rings. The van der Waals surface area contributed by atoms with Gasteiger partial charge in [0.1, 0.15) is 0 Å². The van der Waals surface area contributed by atoms with Crippen LogP contribution in [0.5, 0.6) is 0 Å². The highest BCUT2D eigenvalue weighted by Gasteiger charge is 2.09. The molecule has 1 aromatic carbocycles. The van der Waals surface area contributed by atoms with E-state index in [1.807, 2.05) is 12.1 Å². The Hall–Kier alpha value is -1.72. The van der Waals surface area contributed by atoms with Gasteiger partial charge < -0.3 is 5.32 Å². The SMILES string of the molecule is CCN(CC)Cc1ccccc1CNC(=O)c1cncc(Br)c1. The lowest BCUT2D eigenvalue weighted by Gasteiger charge is -2.20. The third-order valence-corrected chi connectivity index (χ3v) is 4.25. The summed E-state index contributed by atoms with van der Waals surface area (Å²) in [5, 5.41) is 2.97. The van der Waals surface area contributed by atoms with E-state index in [2.05, 4.69) is 57.1 Å². The number of aromatic nitrogens is 1. The molecule has 1 heterocycles. The first-order valence-electron chi connectivity index (χ1n) is 7.82. The number of nitrogens with zero attached hydrogens (tertiary/aromatic N) is 2. The second-order valence-corrected chi connectivity index (χ2v) is 6.22. The molecule has 23 heavy (non-hydrogen) atoms. The van der Waals surface area contributed by atoms with E-state index in [1.54, 1.807) is 18.5 Å². The minimum atomic E-state index is -0.114. The molecular weight excluding hydrogens is 354 g/mol. The summed E-state index contributed by atoms with van der Waals surface area (Å²) in [4.78, 5) is 18.6. The second kappa shape index (κ2) is 8.79. The molecule has 0 aliphatic rings. The Balaban J connectivity index is 2.04. The Labute approximate surface area is 146 Å². The molecule has 0 aliphatic carbocycles. The van der Waals surface area contributed by atoms with Crippen LogP contribution >= 0.6 is 15.9 Å². The summed E-state index contributed by atoms with van der Waals surface area (Å²) >= 11 is 3.33. The minimum absolute atomic E-state index is 0.114. The summed E-state index contributed by atoms with van der Waals surface area (Å²) in [5.74, 6) is -0.114. The number of benzene rings is 1. The molecule has 1 amide bonds. The van der Waals surface area contributed by atoms with Crippen LogP contribution in [0.3, 0.4) is 0 Å². The quantitative estimate of drug-likeness (QED) is 0.803. The lowest BCUT2D eigenvalue weighted by atomic mass is 10.1. The first-order chi connectivity index (χ1) is 11.1. The van der Waals surface area contributed by atoms with Gasteiger partial charge in [-0.15, -0.1) is 0 Å². The van der Waals surface area contributed by atoms with Crippen LogP contribution in [0.1, 0.15) is 35.3 Å². The van der Waals surface area contributed by atoms with Gasteiger partial charge in [-0.3, -0.25) is 14.7 Å². The summed E-state index contributed by atoms with van der Waals surface area (Å²) < 4.78 is 0.798. The highest BCUT2D eigenvalue weighted by molar-refractivity contribution is 9.10. The Morgan fingerprint density at radius 2 is 1.87 bits per heavy atom. The maximum Gasteiger partial charge on any atom is 0.253 e. The number of rotatable bonds is 7. The lowest BCUT2D eigenvalue weighted by molar-refractivity contribution is 0.0950. The van der Waals surface area contributed by atoms with Crippen molar-refractivity contribution in [3.8, 4) is 0 Å². The van der Waals surface area contributed by atoms with Crippen molar-refractivity contribution >= 4 is 21.8 Å². The van der Waals surface area contributed by atoms with Crippen molar-refractivity contribution in [2.45, 2.75) is 26.9 Å². The maximum absolute atomic E-state index is 12.2. The van der Waals surface area contributed by atoms with Crippen molar-refractivity contribution in [2.24, 2.45) is 0 Å². The van der Waals surface area contributed by atoms with Crippen LogP contribution in [0.15, 0.2) is 47.2 Å². The second-order valence-electron chi connectivity index (χ2n) is 5.30. The predicted octanol–water partition coefficient (Wildman–Crippen LogP) is 3.62. The number of nitrogens with one attached hydrogen (secondary N) is 1. The highest BCUT2D eigenvalue weighted by atomic mass is 79.9. The number of carbonyl (C=O) groups excluding carboxylic acids is 1. The van der Waals surface area contributed by atoms with Crippen LogP contribution in [-0.2, 0) is 13.1 Å². The van der Waals surface area contributed by atoms with Crippen LogP contribution < -0.4 is 5.32 Å². The molecule has 0 fully saturated rings. The summed E-state index contributed by atoms with van der Waals surface area (Å²) in [6, 6.07) is 10.0. The van der Waals surface area contributed by atoms with Crippen LogP contribution in [0.4, 0.5) is 0 Å². The largest absolute Gasteiger partial charge is 0.348 e. The summed E-state index contributed by atoms with van der Waals surface area (Å²) in [6.45, 7) is 7.77. The minimum Gasteiger partial charge on any atom is -0.348 e. The summed E-state index contributed by atoms with van der Waals surface area (Å²) in [6.07, 6.45) is 3.23. The average Bonchev–Trinajstić information content (AvgIpc) is 2.58. The standard InChI is InChI=1S/C18H22BrN3O/c1-3-22(4-2)13-15-8-6-5-7-14(15)11-21-18(23)16-9-17(19)12-20-10-16/h5-10,12H,3-4,11,13H2,1-2H3,(H,21,23). The zero-order valence-electron chi connectivity index (χ0n) is 13.6. The molecule has 4 nitrogen and oxygen atoms in total. The normalized spacial score (nSPS) is 10.8. The Kier molecular flexibility index (Phi) is 6.74. The van der Waals surface area contributed by atoms with E-state index in [0.29, 0.717) is 12.1 Å². The molecule has 2 rings (SSSR count). The van der Waals surface area contributed by atoms with Crippen molar-refractivity contribution < 1.29 is 4.79 Å².